The predicted octanol–water partition coefficient (Wildman–Crippen LogP) is 3.33. The fraction of sp³-hybridized carbons (Fsp3) is 0.273. The first-order valence-corrected chi connectivity index (χ1v) is 9.80. The van der Waals surface area contributed by atoms with Crippen molar-refractivity contribution in [3.63, 3.8) is 0 Å². The molecule has 2 N–H and O–H groups in total. The third-order valence-electron chi connectivity index (χ3n) is 5.18. The van der Waals surface area contributed by atoms with E-state index >= 15 is 0 Å². The molecule has 0 aliphatic carbocycles. The van der Waals surface area contributed by atoms with E-state index < -0.39 is 5.97 Å². The molecule has 1 aliphatic rings. The van der Waals surface area contributed by atoms with Crippen LogP contribution in [-0.4, -0.2) is 46.4 Å². The lowest BCUT2D eigenvalue weighted by Gasteiger charge is -2.24. The SMILES string of the molecule is CC1Cc2c(C(=O)O)cccc2N1c1nnc(N(C)C)c(NCc2ccccc2)n1. The zero-order chi connectivity index (χ0) is 21.3. The average Bonchev–Trinajstić information content (AvgIpc) is 3.08. The molecule has 0 radical (unpaired) electrons. The maximum absolute atomic E-state index is 11.6. The van der Waals surface area contributed by atoms with Gasteiger partial charge in [0.05, 0.1) is 5.56 Å². The predicted molar refractivity (Wildman–Crippen MR) is 117 cm³/mol. The second-order valence-electron chi connectivity index (χ2n) is 7.55. The highest BCUT2D eigenvalue weighted by molar-refractivity contribution is 5.92. The van der Waals surface area contributed by atoms with E-state index in [1.807, 2.05) is 67.2 Å². The van der Waals surface area contributed by atoms with Crippen molar-refractivity contribution in [3.8, 4) is 0 Å². The maximum Gasteiger partial charge on any atom is 0.336 e. The van der Waals surface area contributed by atoms with Crippen LogP contribution in [0.25, 0.3) is 0 Å². The lowest BCUT2D eigenvalue weighted by atomic mass is 10.0. The summed E-state index contributed by atoms with van der Waals surface area (Å²) in [5.74, 6) is 0.794. The summed E-state index contributed by atoms with van der Waals surface area (Å²) in [6.45, 7) is 2.64. The number of fused-ring (bicyclic) bond motifs is 1. The number of rotatable bonds is 6. The van der Waals surface area contributed by atoms with Crippen molar-refractivity contribution in [3.05, 3.63) is 65.2 Å². The molecule has 2 heterocycles. The minimum absolute atomic E-state index is 0.0227. The van der Waals surface area contributed by atoms with E-state index in [1.165, 1.54) is 0 Å². The Hall–Kier alpha value is -3.68. The van der Waals surface area contributed by atoms with Crippen LogP contribution in [0.3, 0.4) is 0 Å². The van der Waals surface area contributed by atoms with Gasteiger partial charge in [-0.05, 0) is 36.6 Å². The van der Waals surface area contributed by atoms with Gasteiger partial charge in [0.2, 0.25) is 0 Å². The van der Waals surface area contributed by atoms with Gasteiger partial charge in [0, 0.05) is 32.4 Å². The van der Waals surface area contributed by atoms with E-state index in [1.54, 1.807) is 12.1 Å². The van der Waals surface area contributed by atoms with Gasteiger partial charge in [0.15, 0.2) is 11.6 Å². The molecule has 0 fully saturated rings. The number of carbonyl (C=O) groups is 1. The van der Waals surface area contributed by atoms with Gasteiger partial charge < -0.3 is 20.2 Å². The van der Waals surface area contributed by atoms with E-state index in [2.05, 4.69) is 15.5 Å². The summed E-state index contributed by atoms with van der Waals surface area (Å²) < 4.78 is 0. The highest BCUT2D eigenvalue weighted by atomic mass is 16.4. The fourth-order valence-corrected chi connectivity index (χ4v) is 3.76. The molecular weight excluding hydrogens is 380 g/mol. The molecule has 30 heavy (non-hydrogen) atoms. The third-order valence-corrected chi connectivity index (χ3v) is 5.18. The molecule has 8 nitrogen and oxygen atoms in total. The largest absolute Gasteiger partial charge is 0.478 e. The standard InChI is InChI=1S/C22H24N6O2/c1-14-12-17-16(21(29)30)10-7-11-18(17)28(14)22-24-19(20(25-26-22)27(2)3)23-13-15-8-5-4-6-9-15/h4-11,14H,12-13H2,1-3H3,(H,29,30)(H,23,24,26). The van der Waals surface area contributed by atoms with Crippen molar-refractivity contribution in [2.75, 3.05) is 29.2 Å². The Morgan fingerprint density at radius 2 is 1.93 bits per heavy atom. The Morgan fingerprint density at radius 1 is 1.17 bits per heavy atom. The summed E-state index contributed by atoms with van der Waals surface area (Å²) in [5.41, 5.74) is 3.07. The summed E-state index contributed by atoms with van der Waals surface area (Å²) >= 11 is 0. The first-order chi connectivity index (χ1) is 14.5. The average molecular weight is 404 g/mol. The number of nitrogens with one attached hydrogen (secondary N) is 1. The van der Waals surface area contributed by atoms with E-state index in [9.17, 15) is 9.90 Å². The van der Waals surface area contributed by atoms with E-state index in [0.29, 0.717) is 36.1 Å². The highest BCUT2D eigenvalue weighted by Gasteiger charge is 2.33. The van der Waals surface area contributed by atoms with Crippen molar-refractivity contribution in [1.82, 2.24) is 15.2 Å². The Balaban J connectivity index is 1.70. The number of nitrogens with zero attached hydrogens (tertiary/aromatic N) is 5. The number of carboxylic acid groups (broad SMARTS) is 1. The van der Waals surface area contributed by atoms with Crippen molar-refractivity contribution >= 4 is 29.2 Å². The lowest BCUT2D eigenvalue weighted by molar-refractivity contribution is 0.0696. The van der Waals surface area contributed by atoms with Crippen molar-refractivity contribution in [2.45, 2.75) is 25.9 Å². The van der Waals surface area contributed by atoms with Gasteiger partial charge in [-0.3, -0.25) is 0 Å². The van der Waals surface area contributed by atoms with E-state index in [4.69, 9.17) is 4.98 Å². The number of benzene rings is 2. The Morgan fingerprint density at radius 3 is 2.63 bits per heavy atom. The minimum Gasteiger partial charge on any atom is -0.478 e. The van der Waals surface area contributed by atoms with Gasteiger partial charge >= 0.3 is 5.97 Å². The molecule has 0 bridgehead atoms. The number of aromatic nitrogens is 3. The summed E-state index contributed by atoms with van der Waals surface area (Å²) in [7, 11) is 3.79. The highest BCUT2D eigenvalue weighted by Crippen LogP contribution is 2.39. The molecule has 0 spiro atoms. The van der Waals surface area contributed by atoms with Crippen LogP contribution in [0, 0.1) is 0 Å². The second-order valence-corrected chi connectivity index (χ2v) is 7.55. The summed E-state index contributed by atoms with van der Waals surface area (Å²) in [5, 5.41) is 21.7. The van der Waals surface area contributed by atoms with Gasteiger partial charge in [0.25, 0.3) is 5.95 Å². The van der Waals surface area contributed by atoms with Crippen LogP contribution in [0.5, 0.6) is 0 Å². The van der Waals surface area contributed by atoms with Crippen LogP contribution in [0.4, 0.5) is 23.3 Å². The molecule has 3 aromatic rings. The molecule has 8 heteroatoms. The number of anilines is 4. The van der Waals surface area contributed by atoms with Crippen LogP contribution in [-0.2, 0) is 13.0 Å². The van der Waals surface area contributed by atoms with Crippen LogP contribution in [0.2, 0.25) is 0 Å². The lowest BCUT2D eigenvalue weighted by Crippen LogP contribution is -2.27. The van der Waals surface area contributed by atoms with Gasteiger partial charge in [-0.1, -0.05) is 36.4 Å². The normalized spacial score (nSPS) is 15.0. The molecule has 0 amide bonds. The topological polar surface area (TPSA) is 94.5 Å². The minimum atomic E-state index is -0.923. The molecule has 1 aromatic heterocycles. The molecule has 0 saturated carbocycles. The summed E-state index contributed by atoms with van der Waals surface area (Å²) in [4.78, 5) is 20.2. The zero-order valence-electron chi connectivity index (χ0n) is 17.2. The Kier molecular flexibility index (Phi) is 5.22. The van der Waals surface area contributed by atoms with Gasteiger partial charge in [0.1, 0.15) is 0 Å². The van der Waals surface area contributed by atoms with Crippen molar-refractivity contribution < 1.29 is 9.90 Å². The molecule has 1 unspecified atom stereocenters. The van der Waals surface area contributed by atoms with Crippen LogP contribution >= 0.6 is 0 Å². The number of hydrogen-bond donors (Lipinski definition) is 2. The monoisotopic (exact) mass is 404 g/mol. The molecular formula is C22H24N6O2. The molecule has 0 saturated heterocycles. The third kappa shape index (κ3) is 3.63. The van der Waals surface area contributed by atoms with Crippen molar-refractivity contribution in [2.24, 2.45) is 0 Å². The van der Waals surface area contributed by atoms with Gasteiger partial charge in [-0.2, -0.15) is 4.98 Å². The first kappa shape index (κ1) is 19.6. The maximum atomic E-state index is 11.6. The second kappa shape index (κ2) is 7.98. The molecule has 154 valence electrons. The van der Waals surface area contributed by atoms with Crippen LogP contribution < -0.4 is 15.1 Å². The zero-order valence-corrected chi connectivity index (χ0v) is 17.2. The smallest absolute Gasteiger partial charge is 0.336 e. The molecule has 2 aromatic carbocycles. The fourth-order valence-electron chi connectivity index (χ4n) is 3.76. The Labute approximate surface area is 175 Å². The van der Waals surface area contributed by atoms with E-state index in [-0.39, 0.29) is 6.04 Å². The van der Waals surface area contributed by atoms with E-state index in [0.717, 1.165) is 16.8 Å². The quantitative estimate of drug-likeness (QED) is 0.646. The first-order valence-electron chi connectivity index (χ1n) is 9.80. The summed E-state index contributed by atoms with van der Waals surface area (Å²) in [6, 6.07) is 15.4. The number of carboxylic acids is 1. The van der Waals surface area contributed by atoms with Crippen LogP contribution in [0.15, 0.2) is 48.5 Å². The summed E-state index contributed by atoms with van der Waals surface area (Å²) in [6.07, 6.45) is 0.614. The molecule has 1 aliphatic heterocycles. The van der Waals surface area contributed by atoms with Gasteiger partial charge in [-0.25, -0.2) is 4.79 Å². The Bertz CT molecular complexity index is 1070. The van der Waals surface area contributed by atoms with Crippen molar-refractivity contribution in [1.29, 1.82) is 0 Å². The molecule has 4 rings (SSSR count). The van der Waals surface area contributed by atoms with Gasteiger partial charge in [-0.15, -0.1) is 10.2 Å². The number of hydrogen-bond acceptors (Lipinski definition) is 7. The van der Waals surface area contributed by atoms with Crippen LogP contribution in [0.1, 0.15) is 28.4 Å². The number of aromatic carboxylic acids is 1. The molecule has 1 atom stereocenters.